The third-order valence-electron chi connectivity index (χ3n) is 2.67. The summed E-state index contributed by atoms with van der Waals surface area (Å²) in [5.41, 5.74) is 4.87. The van der Waals surface area contributed by atoms with Crippen molar-refractivity contribution in [3.05, 3.63) is 41.2 Å². The van der Waals surface area contributed by atoms with Gasteiger partial charge in [0.05, 0.1) is 17.7 Å². The third-order valence-corrected chi connectivity index (χ3v) is 2.67. The third kappa shape index (κ3) is 2.95. The first-order valence-electron chi connectivity index (χ1n) is 5.62. The van der Waals surface area contributed by atoms with E-state index in [4.69, 9.17) is 5.73 Å². The average molecular weight is 284 g/mol. The van der Waals surface area contributed by atoms with E-state index in [0.717, 1.165) is 18.2 Å². The molecule has 0 aliphatic carbocycles. The standard InChI is InChI=1S/C12H11F3N4O/c1-19-6-8(17-18-19)5-11(20)9-4-7(12(13,14)15)2-3-10(9)16/h2-4,6H,5,16H2,1H3. The fourth-order valence-corrected chi connectivity index (χ4v) is 1.71. The highest BCUT2D eigenvalue weighted by atomic mass is 19.4. The summed E-state index contributed by atoms with van der Waals surface area (Å²) in [6, 6.07) is 2.68. The van der Waals surface area contributed by atoms with Crippen molar-refractivity contribution >= 4 is 11.5 Å². The van der Waals surface area contributed by atoms with Gasteiger partial charge in [0.15, 0.2) is 5.78 Å². The van der Waals surface area contributed by atoms with E-state index in [-0.39, 0.29) is 17.7 Å². The van der Waals surface area contributed by atoms with Crippen LogP contribution in [0.4, 0.5) is 18.9 Å². The van der Waals surface area contributed by atoms with Gasteiger partial charge < -0.3 is 5.73 Å². The molecule has 0 spiro atoms. The van der Waals surface area contributed by atoms with Crippen LogP contribution in [0.3, 0.4) is 0 Å². The smallest absolute Gasteiger partial charge is 0.398 e. The fraction of sp³-hybridized carbons (Fsp3) is 0.250. The molecule has 2 rings (SSSR count). The van der Waals surface area contributed by atoms with Crippen LogP contribution in [-0.2, 0) is 19.6 Å². The Hall–Kier alpha value is -2.38. The second-order valence-electron chi connectivity index (χ2n) is 4.28. The molecular formula is C12H11F3N4O. The minimum absolute atomic E-state index is 0.00638. The lowest BCUT2D eigenvalue weighted by molar-refractivity contribution is -0.137. The zero-order chi connectivity index (χ0) is 14.9. The van der Waals surface area contributed by atoms with Gasteiger partial charge in [0.2, 0.25) is 0 Å². The Balaban J connectivity index is 2.29. The molecule has 0 amide bonds. The Morgan fingerprint density at radius 1 is 1.40 bits per heavy atom. The van der Waals surface area contributed by atoms with E-state index >= 15 is 0 Å². The van der Waals surface area contributed by atoms with Crippen LogP contribution in [0.15, 0.2) is 24.4 Å². The first kappa shape index (κ1) is 14.0. The molecule has 1 aromatic carbocycles. The monoisotopic (exact) mass is 284 g/mol. The van der Waals surface area contributed by atoms with Crippen molar-refractivity contribution in [2.45, 2.75) is 12.6 Å². The van der Waals surface area contributed by atoms with Crippen molar-refractivity contribution in [1.82, 2.24) is 15.0 Å². The summed E-state index contributed by atoms with van der Waals surface area (Å²) in [4.78, 5) is 12.0. The number of aromatic nitrogens is 3. The van der Waals surface area contributed by atoms with Crippen molar-refractivity contribution in [3.63, 3.8) is 0 Å². The van der Waals surface area contributed by atoms with Crippen LogP contribution < -0.4 is 5.73 Å². The van der Waals surface area contributed by atoms with Crippen molar-refractivity contribution < 1.29 is 18.0 Å². The van der Waals surface area contributed by atoms with Gasteiger partial charge in [0.1, 0.15) is 0 Å². The summed E-state index contributed by atoms with van der Waals surface area (Å²) in [7, 11) is 1.62. The number of alkyl halides is 3. The summed E-state index contributed by atoms with van der Waals surface area (Å²) in [6.45, 7) is 0. The molecule has 2 N–H and O–H groups in total. The number of anilines is 1. The average Bonchev–Trinajstić information content (AvgIpc) is 2.73. The summed E-state index contributed by atoms with van der Waals surface area (Å²) in [5.74, 6) is -0.533. The van der Waals surface area contributed by atoms with Gasteiger partial charge in [0, 0.05) is 24.5 Å². The van der Waals surface area contributed by atoms with Crippen molar-refractivity contribution in [2.75, 3.05) is 5.73 Å². The lowest BCUT2D eigenvalue weighted by atomic mass is 10.0. The molecule has 1 heterocycles. The molecule has 5 nitrogen and oxygen atoms in total. The number of hydrogen-bond acceptors (Lipinski definition) is 4. The van der Waals surface area contributed by atoms with Crippen molar-refractivity contribution in [2.24, 2.45) is 7.05 Å². The van der Waals surface area contributed by atoms with Crippen LogP contribution in [0.5, 0.6) is 0 Å². The number of aryl methyl sites for hydroxylation is 1. The maximum atomic E-state index is 12.6. The molecule has 0 unspecified atom stereocenters. The first-order valence-corrected chi connectivity index (χ1v) is 5.62. The zero-order valence-electron chi connectivity index (χ0n) is 10.5. The van der Waals surface area contributed by atoms with E-state index in [1.807, 2.05) is 0 Å². The molecule has 0 fully saturated rings. The van der Waals surface area contributed by atoms with Gasteiger partial charge >= 0.3 is 6.18 Å². The van der Waals surface area contributed by atoms with Crippen LogP contribution in [-0.4, -0.2) is 20.8 Å². The number of nitrogens with zero attached hydrogens (tertiary/aromatic N) is 3. The Kier molecular flexibility index (Phi) is 3.47. The van der Waals surface area contributed by atoms with Gasteiger partial charge in [-0.05, 0) is 18.2 Å². The lowest BCUT2D eigenvalue weighted by Gasteiger charge is -2.10. The van der Waals surface area contributed by atoms with Gasteiger partial charge in [-0.3, -0.25) is 9.48 Å². The van der Waals surface area contributed by atoms with Crippen LogP contribution in [0.2, 0.25) is 0 Å². The molecule has 0 saturated heterocycles. The largest absolute Gasteiger partial charge is 0.416 e. The molecule has 0 aliphatic rings. The van der Waals surface area contributed by atoms with Gasteiger partial charge in [-0.2, -0.15) is 13.2 Å². The number of carbonyl (C=O) groups is 1. The number of benzene rings is 1. The Labute approximate surface area is 112 Å². The summed E-state index contributed by atoms with van der Waals surface area (Å²) in [5, 5.41) is 7.36. The normalized spacial score (nSPS) is 11.6. The highest BCUT2D eigenvalue weighted by molar-refractivity contribution is 6.01. The van der Waals surface area contributed by atoms with Gasteiger partial charge in [-0.15, -0.1) is 5.10 Å². The molecule has 8 heteroatoms. The highest BCUT2D eigenvalue weighted by Gasteiger charge is 2.31. The second kappa shape index (κ2) is 4.95. The number of ketones is 1. The maximum absolute atomic E-state index is 12.6. The second-order valence-corrected chi connectivity index (χ2v) is 4.28. The lowest BCUT2D eigenvalue weighted by Crippen LogP contribution is -2.11. The molecule has 0 aliphatic heterocycles. The van der Waals surface area contributed by atoms with Gasteiger partial charge in [0.25, 0.3) is 0 Å². The first-order chi connectivity index (χ1) is 9.27. The number of nitrogen functional groups attached to an aromatic ring is 1. The number of rotatable bonds is 3. The molecule has 0 radical (unpaired) electrons. The van der Waals surface area contributed by atoms with Crippen LogP contribution in [0, 0.1) is 0 Å². The number of Topliss-reactive ketones (excluding diaryl/α,β-unsaturated/α-hetero) is 1. The molecular weight excluding hydrogens is 273 g/mol. The fourth-order valence-electron chi connectivity index (χ4n) is 1.71. The molecule has 2 aromatic rings. The minimum atomic E-state index is -4.52. The molecule has 0 saturated carbocycles. The minimum Gasteiger partial charge on any atom is -0.398 e. The van der Waals surface area contributed by atoms with Crippen LogP contribution in [0.1, 0.15) is 21.6 Å². The maximum Gasteiger partial charge on any atom is 0.416 e. The number of halogens is 3. The Morgan fingerprint density at radius 2 is 2.10 bits per heavy atom. The zero-order valence-corrected chi connectivity index (χ0v) is 10.5. The van der Waals surface area contributed by atoms with Gasteiger partial charge in [-0.1, -0.05) is 5.21 Å². The van der Waals surface area contributed by atoms with Crippen LogP contribution >= 0.6 is 0 Å². The Morgan fingerprint density at radius 3 is 2.65 bits per heavy atom. The molecule has 106 valence electrons. The van der Waals surface area contributed by atoms with E-state index in [9.17, 15) is 18.0 Å². The van der Waals surface area contributed by atoms with Crippen molar-refractivity contribution in [3.8, 4) is 0 Å². The molecule has 0 atom stereocenters. The summed E-state index contributed by atoms with van der Waals surface area (Å²) < 4.78 is 39.2. The number of hydrogen-bond donors (Lipinski definition) is 1. The Bertz CT molecular complexity index is 648. The van der Waals surface area contributed by atoms with Gasteiger partial charge in [-0.25, -0.2) is 0 Å². The highest BCUT2D eigenvalue weighted by Crippen LogP contribution is 2.31. The van der Waals surface area contributed by atoms with E-state index in [1.165, 1.54) is 10.9 Å². The van der Waals surface area contributed by atoms with Crippen LogP contribution in [0.25, 0.3) is 0 Å². The van der Waals surface area contributed by atoms with E-state index in [2.05, 4.69) is 10.3 Å². The van der Waals surface area contributed by atoms with E-state index in [0.29, 0.717) is 5.69 Å². The summed E-state index contributed by atoms with van der Waals surface area (Å²) >= 11 is 0. The molecule has 0 bridgehead atoms. The number of nitrogens with two attached hydrogens (primary N) is 1. The predicted octanol–water partition coefficient (Wildman–Crippen LogP) is 1.84. The quantitative estimate of drug-likeness (QED) is 0.689. The number of carbonyl (C=O) groups excluding carboxylic acids is 1. The predicted molar refractivity (Wildman–Crippen MR) is 64.9 cm³/mol. The molecule has 1 aromatic heterocycles. The topological polar surface area (TPSA) is 73.8 Å². The van der Waals surface area contributed by atoms with E-state index in [1.54, 1.807) is 7.05 Å². The van der Waals surface area contributed by atoms with E-state index < -0.39 is 17.5 Å². The SMILES string of the molecule is Cn1cc(CC(=O)c2cc(C(F)(F)F)ccc2N)nn1. The summed E-state index contributed by atoms with van der Waals surface area (Å²) in [6.07, 6.45) is -3.16. The van der Waals surface area contributed by atoms with Crippen molar-refractivity contribution in [1.29, 1.82) is 0 Å². The molecule has 20 heavy (non-hydrogen) atoms.